The van der Waals surface area contributed by atoms with Gasteiger partial charge in [0.15, 0.2) is 0 Å². The summed E-state index contributed by atoms with van der Waals surface area (Å²) in [5.41, 5.74) is 0. The third kappa shape index (κ3) is 6.25. The van der Waals surface area contributed by atoms with Crippen LogP contribution in [0, 0.1) is 6.42 Å². The molecule has 0 aliphatic carbocycles. The molecular formula is C6H14ClN+. The van der Waals surface area contributed by atoms with Crippen molar-refractivity contribution < 1.29 is 4.48 Å². The van der Waals surface area contributed by atoms with Crippen molar-refractivity contribution in [3.8, 4) is 0 Å². The fourth-order valence-corrected chi connectivity index (χ4v) is 0.534. The molecule has 0 heterocycles. The highest BCUT2D eigenvalue weighted by Gasteiger charge is 2.03. The predicted octanol–water partition coefficient (Wildman–Crippen LogP) is 1.14. The van der Waals surface area contributed by atoms with E-state index in [1.54, 1.807) is 0 Å². The average Bonchev–Trinajstić information content (AvgIpc) is 1.59. The van der Waals surface area contributed by atoms with Crippen molar-refractivity contribution in [2.45, 2.75) is 0 Å². The molecule has 0 unspecified atom stereocenters. The highest BCUT2D eigenvalue weighted by atomic mass is 35.5. The Hall–Kier alpha value is 0.250. The number of rotatable bonds is 3. The fourth-order valence-electron chi connectivity index (χ4n) is 0.436. The van der Waals surface area contributed by atoms with E-state index in [4.69, 9.17) is 11.6 Å². The van der Waals surface area contributed by atoms with Gasteiger partial charge in [-0.25, -0.2) is 0 Å². The zero-order valence-corrected chi connectivity index (χ0v) is 6.57. The van der Waals surface area contributed by atoms with E-state index < -0.39 is 0 Å². The van der Waals surface area contributed by atoms with Gasteiger partial charge in [-0.3, -0.25) is 0 Å². The molecule has 8 heavy (non-hydrogen) atoms. The molecule has 0 saturated heterocycles. The molecule has 0 bridgehead atoms. The summed E-state index contributed by atoms with van der Waals surface area (Å²) in [6.07, 6.45) is 2.07. The fraction of sp³-hybridized carbons (Fsp3) is 0.833. The van der Waals surface area contributed by atoms with E-state index in [1.165, 1.54) is 0 Å². The second kappa shape index (κ2) is 3.31. The Labute approximate surface area is 56.8 Å². The van der Waals surface area contributed by atoms with Gasteiger partial charge in [-0.05, 0) is 0 Å². The van der Waals surface area contributed by atoms with Crippen LogP contribution in [-0.4, -0.2) is 38.1 Å². The molecule has 1 radical (unpaired) electrons. The number of nitrogens with zero attached hydrogens (tertiary/aromatic N) is 1. The molecular weight excluding hydrogens is 122 g/mol. The van der Waals surface area contributed by atoms with Gasteiger partial charge in [0.2, 0.25) is 0 Å². The molecule has 0 atom stereocenters. The summed E-state index contributed by atoms with van der Waals surface area (Å²) in [5, 5.41) is 0. The Balaban J connectivity index is 3.11. The summed E-state index contributed by atoms with van der Waals surface area (Å²) in [4.78, 5) is 0. The molecule has 0 saturated carbocycles. The smallest absolute Gasteiger partial charge is 0.0825 e. The maximum atomic E-state index is 5.44. The highest BCUT2D eigenvalue weighted by molar-refractivity contribution is 6.18. The molecule has 0 spiro atoms. The highest BCUT2D eigenvalue weighted by Crippen LogP contribution is 1.92. The molecule has 0 aromatic carbocycles. The van der Waals surface area contributed by atoms with Crippen molar-refractivity contribution in [3.05, 3.63) is 6.42 Å². The van der Waals surface area contributed by atoms with E-state index >= 15 is 0 Å². The maximum Gasteiger partial charge on any atom is 0.0825 e. The molecule has 0 aliphatic heterocycles. The van der Waals surface area contributed by atoms with Gasteiger partial charge in [0.05, 0.1) is 27.7 Å². The van der Waals surface area contributed by atoms with Crippen molar-refractivity contribution in [2.24, 2.45) is 0 Å². The monoisotopic (exact) mass is 135 g/mol. The van der Waals surface area contributed by atoms with E-state index in [-0.39, 0.29) is 0 Å². The normalized spacial score (nSPS) is 12.0. The summed E-state index contributed by atoms with van der Waals surface area (Å²) >= 11 is 5.44. The van der Waals surface area contributed by atoms with Gasteiger partial charge < -0.3 is 4.48 Å². The minimum absolute atomic E-state index is 0.662. The Morgan fingerprint density at radius 2 is 1.88 bits per heavy atom. The zero-order valence-electron chi connectivity index (χ0n) is 5.82. The van der Waals surface area contributed by atoms with E-state index in [1.807, 2.05) is 0 Å². The van der Waals surface area contributed by atoms with Gasteiger partial charge in [-0.1, -0.05) is 0 Å². The topological polar surface area (TPSA) is 0 Å². The van der Waals surface area contributed by atoms with Gasteiger partial charge >= 0.3 is 0 Å². The molecule has 0 aliphatic rings. The number of halogens is 1. The van der Waals surface area contributed by atoms with Crippen molar-refractivity contribution in [3.63, 3.8) is 0 Å². The lowest BCUT2D eigenvalue weighted by Crippen LogP contribution is -2.35. The Bertz CT molecular complexity index is 56.0. The summed E-state index contributed by atoms with van der Waals surface area (Å²) in [6, 6.07) is 0. The average molecular weight is 136 g/mol. The van der Waals surface area contributed by atoms with Crippen LogP contribution in [0.5, 0.6) is 0 Å². The first-order valence-electron chi connectivity index (χ1n) is 2.74. The van der Waals surface area contributed by atoms with Gasteiger partial charge in [-0.2, -0.15) is 0 Å². The first-order valence-corrected chi connectivity index (χ1v) is 3.28. The van der Waals surface area contributed by atoms with E-state index in [0.29, 0.717) is 5.88 Å². The molecule has 0 aromatic heterocycles. The number of hydrogen-bond donors (Lipinski definition) is 0. The SMILES string of the molecule is C[N+](C)(C)C[CH]CCl. The summed E-state index contributed by atoms with van der Waals surface area (Å²) in [5.74, 6) is 0.662. The molecule has 1 nitrogen and oxygen atoms in total. The molecule has 0 rings (SSSR count). The maximum absolute atomic E-state index is 5.44. The largest absolute Gasteiger partial charge is 0.331 e. The minimum atomic E-state index is 0.662. The lowest BCUT2D eigenvalue weighted by Gasteiger charge is -2.22. The van der Waals surface area contributed by atoms with Crippen LogP contribution < -0.4 is 0 Å². The van der Waals surface area contributed by atoms with Crippen LogP contribution >= 0.6 is 11.6 Å². The van der Waals surface area contributed by atoms with Crippen molar-refractivity contribution in [1.82, 2.24) is 0 Å². The first kappa shape index (κ1) is 8.25. The second-order valence-corrected chi connectivity index (χ2v) is 3.22. The van der Waals surface area contributed by atoms with Gasteiger partial charge in [0.25, 0.3) is 0 Å². The van der Waals surface area contributed by atoms with E-state index in [2.05, 4.69) is 27.6 Å². The van der Waals surface area contributed by atoms with Crippen LogP contribution in [0.4, 0.5) is 0 Å². The molecule has 0 fully saturated rings. The number of hydrogen-bond acceptors (Lipinski definition) is 0. The van der Waals surface area contributed by atoms with Crippen LogP contribution in [-0.2, 0) is 0 Å². The van der Waals surface area contributed by atoms with E-state index in [9.17, 15) is 0 Å². The number of alkyl halides is 1. The van der Waals surface area contributed by atoms with Crippen LogP contribution in [0.2, 0.25) is 0 Å². The predicted molar refractivity (Wildman–Crippen MR) is 37.9 cm³/mol. The number of quaternary nitrogens is 1. The Kier molecular flexibility index (Phi) is 3.41. The Morgan fingerprint density at radius 1 is 1.38 bits per heavy atom. The third-order valence-electron chi connectivity index (χ3n) is 0.786. The minimum Gasteiger partial charge on any atom is -0.331 e. The van der Waals surface area contributed by atoms with Crippen molar-refractivity contribution in [1.29, 1.82) is 0 Å². The quantitative estimate of drug-likeness (QED) is 0.402. The summed E-state index contributed by atoms with van der Waals surface area (Å²) in [6.45, 7) is 1.05. The third-order valence-corrected chi connectivity index (χ3v) is 1.00. The van der Waals surface area contributed by atoms with Gasteiger partial charge in [-0.15, -0.1) is 11.6 Å². The standard InChI is InChI=1S/C6H14ClN/c1-8(2,3)6-4-5-7/h4H,5-6H2,1-3H3/q+1. The summed E-state index contributed by atoms with van der Waals surface area (Å²) < 4.78 is 0.965. The van der Waals surface area contributed by atoms with E-state index in [0.717, 1.165) is 11.0 Å². The lowest BCUT2D eigenvalue weighted by atomic mass is 10.4. The molecule has 0 amide bonds. The zero-order chi connectivity index (χ0) is 6.62. The van der Waals surface area contributed by atoms with Crippen LogP contribution in [0.1, 0.15) is 0 Å². The molecule has 0 N–H and O–H groups in total. The lowest BCUT2D eigenvalue weighted by molar-refractivity contribution is -0.866. The summed E-state index contributed by atoms with van der Waals surface area (Å²) in [7, 11) is 6.43. The Morgan fingerprint density at radius 3 is 2.00 bits per heavy atom. The molecule has 0 aromatic rings. The van der Waals surface area contributed by atoms with Gasteiger partial charge in [0, 0.05) is 12.3 Å². The van der Waals surface area contributed by atoms with Crippen LogP contribution in [0.15, 0.2) is 0 Å². The molecule has 49 valence electrons. The van der Waals surface area contributed by atoms with Crippen molar-refractivity contribution in [2.75, 3.05) is 33.6 Å². The van der Waals surface area contributed by atoms with Crippen LogP contribution in [0.25, 0.3) is 0 Å². The van der Waals surface area contributed by atoms with Crippen LogP contribution in [0.3, 0.4) is 0 Å². The second-order valence-electron chi connectivity index (χ2n) is 2.92. The first-order chi connectivity index (χ1) is 3.56. The molecule has 2 heteroatoms. The van der Waals surface area contributed by atoms with Crippen molar-refractivity contribution >= 4 is 11.6 Å². The van der Waals surface area contributed by atoms with Gasteiger partial charge in [0.1, 0.15) is 0 Å².